The fraction of sp³-hybridized carbons (Fsp3) is 1.00. The summed E-state index contributed by atoms with van der Waals surface area (Å²) in [4.78, 5) is 12.4. The van der Waals surface area contributed by atoms with Crippen molar-refractivity contribution in [1.82, 2.24) is 0 Å². The first-order valence-electron chi connectivity index (χ1n) is 17.6. The van der Waals surface area contributed by atoms with Gasteiger partial charge in [0.15, 0.2) is 0 Å². The Balaban J connectivity index is 0.920. The van der Waals surface area contributed by atoms with E-state index in [0.29, 0.717) is 7.92 Å². The van der Waals surface area contributed by atoms with Gasteiger partial charge in [-0.15, -0.1) is 0 Å². The molecule has 5 unspecified atom stereocenters. The zero-order chi connectivity index (χ0) is 23.6. The third kappa shape index (κ3) is 0.494. The molecule has 18 fully saturated rings. The van der Waals surface area contributed by atoms with Crippen LogP contribution in [0.2, 0.25) is 66.4 Å². The molecule has 10 saturated heterocycles. The van der Waals surface area contributed by atoms with E-state index < -0.39 is 14.6 Å². The van der Waals surface area contributed by atoms with Crippen LogP contribution in [0.1, 0.15) is 64.2 Å². The van der Waals surface area contributed by atoms with Crippen molar-refractivity contribution in [3.8, 4) is 0 Å². The van der Waals surface area contributed by atoms with Gasteiger partial charge < -0.3 is 0 Å². The molecular weight excluding hydrogens is 523 g/mol. The second kappa shape index (κ2) is 2.78. The van der Waals surface area contributed by atoms with E-state index in [9.17, 15) is 0 Å². The van der Waals surface area contributed by atoms with Crippen molar-refractivity contribution >= 4 is 16.0 Å². The van der Waals surface area contributed by atoms with Gasteiger partial charge in [0.2, 0.25) is 0 Å². The van der Waals surface area contributed by atoms with Gasteiger partial charge in [0, 0.05) is 0 Å². The van der Waals surface area contributed by atoms with E-state index in [4.69, 9.17) is 0 Å². The summed E-state index contributed by atoms with van der Waals surface area (Å²) in [5, 5.41) is 0. The molecule has 8 bridgehead atoms. The average Bonchev–Trinajstić information content (AvgIpc) is 3.76. The van der Waals surface area contributed by atoms with Crippen LogP contribution < -0.4 is 0 Å². The van der Waals surface area contributed by atoms with E-state index in [0.717, 1.165) is 0 Å². The molecule has 10 aliphatic heterocycles. The third-order valence-electron chi connectivity index (χ3n) is 25.8. The molecule has 0 aromatic carbocycles. The van der Waals surface area contributed by atoms with Crippen molar-refractivity contribution in [2.45, 2.75) is 142 Å². The standard InChI is InChI=1S/C29H44PSi.C5H5.Fe/c1-31(2,3)27-5-4-18(16-27)17-30(28-23-8-19-6-20(10-23)11-24(28)9-19)29-25-12-21-7-22(14-25)15-26(29)13-21;1-2-4-5-3-1;/h4-5,16,19-26,28-29H,6-15,17H2,1-3H3;1-5H;. The van der Waals surface area contributed by atoms with Crippen LogP contribution in [0.15, 0.2) is 0 Å². The normalized spacial score (nSPS) is 94.4. The molecule has 1 spiro atoms. The van der Waals surface area contributed by atoms with Gasteiger partial charge >= 0.3 is 218 Å². The molecule has 10 heterocycles. The van der Waals surface area contributed by atoms with E-state index in [1.807, 2.05) is 6.16 Å². The van der Waals surface area contributed by atoms with Gasteiger partial charge in [-0.2, -0.15) is 0 Å². The van der Waals surface area contributed by atoms with Crippen LogP contribution in [0, 0.1) is 47.3 Å². The second-order valence-corrected chi connectivity index (χ2v) is 54.4. The number of rotatable bonds is 5. The van der Waals surface area contributed by atoms with E-state index in [1.165, 1.54) is 66.9 Å². The first kappa shape index (κ1) is 18.7. The molecule has 0 aromatic rings. The van der Waals surface area contributed by atoms with Crippen LogP contribution in [0.5, 0.6) is 0 Å². The Bertz CT molecular complexity index is 1610. The molecule has 202 valence electrons. The summed E-state index contributed by atoms with van der Waals surface area (Å²) in [5.41, 5.74) is 2.60. The molecule has 3 heteroatoms. The van der Waals surface area contributed by atoms with Crippen molar-refractivity contribution in [1.29, 1.82) is 0 Å². The monoisotopic (exact) mass is 572 g/mol. The van der Waals surface area contributed by atoms with Crippen LogP contribution in [0.4, 0.5) is 0 Å². The predicted octanol–water partition coefficient (Wildman–Crippen LogP) is 10.1. The van der Waals surface area contributed by atoms with Gasteiger partial charge in [-0.25, -0.2) is 0 Å². The van der Waals surface area contributed by atoms with Crippen LogP contribution in [0.3, 0.4) is 0 Å². The van der Waals surface area contributed by atoms with Crippen LogP contribution in [-0.4, -0.2) is 25.6 Å². The molecule has 18 rings (SSSR count). The zero-order valence-corrected chi connectivity index (χ0v) is 26.5. The summed E-state index contributed by atoms with van der Waals surface area (Å²) in [6.45, 7) is 5.56. The second-order valence-electron chi connectivity index (χ2n) is 22.7. The van der Waals surface area contributed by atoms with E-state index in [1.54, 1.807) is 103 Å². The Kier molecular flexibility index (Phi) is 1.40. The minimum absolute atomic E-state index is 0.326. The van der Waals surface area contributed by atoms with Crippen LogP contribution in [0.25, 0.3) is 0 Å². The van der Waals surface area contributed by atoms with E-state index >= 15 is 0 Å². The first-order valence-corrected chi connectivity index (χ1v) is 28.9. The van der Waals surface area contributed by atoms with E-state index in [-0.39, 0.29) is 0 Å². The van der Waals surface area contributed by atoms with Crippen molar-refractivity contribution < 1.29 is 6.51 Å². The van der Waals surface area contributed by atoms with Crippen molar-refractivity contribution in [2.24, 2.45) is 47.3 Å². The minimum atomic E-state index is -3.27. The first-order chi connectivity index (χ1) is 17.6. The molecule has 8 saturated carbocycles. The van der Waals surface area contributed by atoms with Crippen LogP contribution in [-0.2, 0) is 6.51 Å². The Morgan fingerprint density at radius 2 is 1.00 bits per heavy atom. The topological polar surface area (TPSA) is 0 Å². The fourth-order valence-corrected chi connectivity index (χ4v) is 141. The number of hydrogen-bond acceptors (Lipinski definition) is 0. The van der Waals surface area contributed by atoms with Crippen molar-refractivity contribution in [3.05, 3.63) is 0 Å². The van der Waals surface area contributed by atoms with Crippen molar-refractivity contribution in [2.75, 3.05) is 6.16 Å². The van der Waals surface area contributed by atoms with Gasteiger partial charge in [-0.1, -0.05) is 0 Å². The molecule has 0 nitrogen and oxygen atoms in total. The molecule has 18 aliphatic rings. The van der Waals surface area contributed by atoms with Gasteiger partial charge in [-0.05, 0) is 0 Å². The van der Waals surface area contributed by atoms with Gasteiger partial charge in [0.1, 0.15) is 0 Å². The summed E-state index contributed by atoms with van der Waals surface area (Å²) in [6.07, 6.45) is 19.1. The van der Waals surface area contributed by atoms with Gasteiger partial charge in [-0.3, -0.25) is 0 Å². The molecule has 0 aromatic heterocycles. The molecule has 8 aliphatic carbocycles. The Labute approximate surface area is 217 Å². The molecule has 5 atom stereocenters. The Morgan fingerprint density at radius 1 is 0.595 bits per heavy atom. The quantitative estimate of drug-likeness (QED) is 0.227. The molecular formula is C34H49FePSi. The van der Waals surface area contributed by atoms with Gasteiger partial charge in [0.25, 0.3) is 0 Å². The Morgan fingerprint density at radius 3 is 1.30 bits per heavy atom. The maximum absolute atomic E-state index is 3.27. The van der Waals surface area contributed by atoms with Gasteiger partial charge in [0.05, 0.1) is 0 Å². The maximum atomic E-state index is 2.94. The third-order valence-corrected chi connectivity index (χ3v) is 82.9. The zero-order valence-electron chi connectivity index (χ0n) is 23.5. The summed E-state index contributed by atoms with van der Waals surface area (Å²) < 4.78 is 2.42. The summed E-state index contributed by atoms with van der Waals surface area (Å²) in [5.74, 6) is 9.70. The average molecular weight is 573 g/mol. The van der Waals surface area contributed by atoms with Crippen LogP contribution >= 0.6 is 7.92 Å². The molecule has 0 amide bonds. The number of fused-ring (bicyclic) bond motifs is 10. The molecule has 0 N–H and O–H groups in total. The molecule has 0 radical (unpaired) electrons. The summed E-state index contributed by atoms with van der Waals surface area (Å²) in [7, 11) is -0.698. The number of hydrogen-bond donors (Lipinski definition) is 0. The molecule has 37 heavy (non-hydrogen) atoms. The Hall–Kier alpha value is 1.17. The van der Waals surface area contributed by atoms with Crippen molar-refractivity contribution in [3.63, 3.8) is 0 Å². The fourth-order valence-electron chi connectivity index (χ4n) is 29.1. The SMILES string of the molecule is C[Si](C)(C)[C]12[CH]3[CH]4[C]5(CP(C6C7CC8CC(C7)CC6C8)C6C7CC8CC(C7)CC6C8)[CH]1[Fe]43521678[CH]2[CH]1[CH]6[CH]7[CH]28. The summed E-state index contributed by atoms with van der Waals surface area (Å²) >= 11 is 0. The van der Waals surface area contributed by atoms with E-state index in [2.05, 4.69) is 19.6 Å². The summed E-state index contributed by atoms with van der Waals surface area (Å²) in [6, 6.07) is 0. The predicted molar refractivity (Wildman–Crippen MR) is 152 cm³/mol.